The van der Waals surface area contributed by atoms with E-state index in [-0.39, 0.29) is 10.8 Å². The van der Waals surface area contributed by atoms with Crippen molar-refractivity contribution in [3.8, 4) is 27.9 Å². The highest BCUT2D eigenvalue weighted by Crippen LogP contribution is 2.70. The summed E-state index contributed by atoms with van der Waals surface area (Å²) in [5.74, 6) is 3.31. The Bertz CT molecular complexity index is 3030. The van der Waals surface area contributed by atoms with E-state index in [1.165, 1.54) is 130 Å². The molecule has 3 bridgehead atoms. The topological polar surface area (TPSA) is 8.17 Å². The maximum Gasteiger partial charge on any atom is 0.0542 e. The number of anilines is 3. The van der Waals surface area contributed by atoms with E-state index in [1.54, 1.807) is 16.7 Å². The Hall–Kier alpha value is -5.86. The quantitative estimate of drug-likeness (QED) is 0.173. The molecule has 1 aromatic heterocycles. The molecule has 2 heteroatoms. The fraction of sp³-hybridized carbons (Fsp3) is 0.263. The summed E-state index contributed by atoms with van der Waals surface area (Å²) in [6, 6.07) is 61.2. The fourth-order valence-corrected chi connectivity index (χ4v) is 14.7. The van der Waals surface area contributed by atoms with Crippen molar-refractivity contribution in [2.24, 2.45) is 23.7 Å². The van der Waals surface area contributed by atoms with Gasteiger partial charge in [0, 0.05) is 44.4 Å². The number of benzene rings is 7. The molecule has 7 aromatic carbocycles. The van der Waals surface area contributed by atoms with E-state index in [1.807, 2.05) is 0 Å². The lowest BCUT2D eigenvalue weighted by Crippen LogP contribution is -2.45. The van der Waals surface area contributed by atoms with E-state index >= 15 is 0 Å². The number of nitrogens with zero attached hydrogens (tertiary/aromatic N) is 2. The molecule has 0 radical (unpaired) electrons. The number of para-hydroxylation sites is 2. The SMILES string of the molecule is c1ccc(-n2c3ccccc3c3cc(N(c4ccc5c(c4)C4(CCCC4)c4ccccc4-5)c4ccc5c(c4)C4(c6ccccc6-5)C5CCC6CC4CC6C5)ccc32)cc1. The molecule has 4 saturated carbocycles. The van der Waals surface area contributed by atoms with Gasteiger partial charge in [-0.05, 0) is 174 Å². The van der Waals surface area contributed by atoms with E-state index in [2.05, 4.69) is 167 Å². The maximum atomic E-state index is 2.69. The maximum absolute atomic E-state index is 2.69. The molecule has 8 aromatic rings. The molecule has 5 atom stereocenters. The van der Waals surface area contributed by atoms with Gasteiger partial charge in [0.05, 0.1) is 11.0 Å². The van der Waals surface area contributed by atoms with Gasteiger partial charge >= 0.3 is 0 Å². The first-order chi connectivity index (χ1) is 29.2. The smallest absolute Gasteiger partial charge is 0.0542 e. The summed E-state index contributed by atoms with van der Waals surface area (Å²) in [6.45, 7) is 0. The van der Waals surface area contributed by atoms with Crippen LogP contribution < -0.4 is 4.90 Å². The predicted octanol–water partition coefficient (Wildman–Crippen LogP) is 14.8. The monoisotopic (exact) mass is 760 g/mol. The van der Waals surface area contributed by atoms with Crippen molar-refractivity contribution < 1.29 is 0 Å². The highest BCUT2D eigenvalue weighted by atomic mass is 15.1. The second-order valence-corrected chi connectivity index (χ2v) is 19.1. The minimum atomic E-state index is 0.102. The van der Waals surface area contributed by atoms with Gasteiger partial charge in [-0.15, -0.1) is 0 Å². The first-order valence-electron chi connectivity index (χ1n) is 22.6. The van der Waals surface area contributed by atoms with Crippen molar-refractivity contribution in [2.45, 2.75) is 68.6 Å². The molecule has 6 aliphatic carbocycles. The summed E-state index contributed by atoms with van der Waals surface area (Å²) in [7, 11) is 0. The van der Waals surface area contributed by atoms with E-state index in [0.29, 0.717) is 0 Å². The van der Waals surface area contributed by atoms with Crippen molar-refractivity contribution in [1.82, 2.24) is 4.57 Å². The molecule has 0 aliphatic heterocycles. The molecule has 6 aliphatic rings. The van der Waals surface area contributed by atoms with Gasteiger partial charge in [0.25, 0.3) is 0 Å². The normalized spacial score (nSPS) is 24.9. The Morgan fingerprint density at radius 1 is 0.441 bits per heavy atom. The summed E-state index contributed by atoms with van der Waals surface area (Å²) < 4.78 is 2.44. The van der Waals surface area contributed by atoms with Crippen molar-refractivity contribution in [1.29, 1.82) is 0 Å². The predicted molar refractivity (Wildman–Crippen MR) is 243 cm³/mol. The fourth-order valence-electron chi connectivity index (χ4n) is 14.7. The van der Waals surface area contributed by atoms with Gasteiger partial charge in [-0.25, -0.2) is 0 Å². The van der Waals surface area contributed by atoms with Crippen molar-refractivity contribution in [3.63, 3.8) is 0 Å². The van der Waals surface area contributed by atoms with Crippen LogP contribution in [0.3, 0.4) is 0 Å². The Kier molecular flexibility index (Phi) is 6.65. The zero-order chi connectivity index (χ0) is 38.5. The first-order valence-corrected chi connectivity index (χ1v) is 22.6. The molecule has 0 amide bonds. The number of hydrogen-bond acceptors (Lipinski definition) is 1. The van der Waals surface area contributed by atoms with Crippen LogP contribution in [0.5, 0.6) is 0 Å². The molecule has 0 N–H and O–H groups in total. The summed E-state index contributed by atoms with van der Waals surface area (Å²) >= 11 is 0. The van der Waals surface area contributed by atoms with Crippen LogP contribution in [0.4, 0.5) is 17.1 Å². The molecule has 14 rings (SSSR count). The number of rotatable bonds is 4. The Morgan fingerprint density at radius 2 is 1.03 bits per heavy atom. The summed E-state index contributed by atoms with van der Waals surface area (Å²) in [6.07, 6.45) is 12.0. The van der Waals surface area contributed by atoms with Crippen molar-refractivity contribution >= 4 is 38.9 Å². The van der Waals surface area contributed by atoms with E-state index < -0.39 is 0 Å². The molecule has 59 heavy (non-hydrogen) atoms. The Morgan fingerprint density at radius 3 is 1.86 bits per heavy atom. The van der Waals surface area contributed by atoms with Gasteiger partial charge < -0.3 is 9.47 Å². The Labute approximate surface area is 347 Å². The first kappa shape index (κ1) is 33.0. The number of fused-ring (bicyclic) bond motifs is 17. The lowest BCUT2D eigenvalue weighted by atomic mass is 9.54. The van der Waals surface area contributed by atoms with Gasteiger partial charge in [0.15, 0.2) is 0 Å². The molecule has 286 valence electrons. The van der Waals surface area contributed by atoms with Gasteiger partial charge in [0.1, 0.15) is 0 Å². The van der Waals surface area contributed by atoms with Gasteiger partial charge in [-0.3, -0.25) is 0 Å². The third-order valence-electron chi connectivity index (χ3n) is 16.9. The van der Waals surface area contributed by atoms with Crippen LogP contribution in [-0.4, -0.2) is 4.57 Å². The zero-order valence-electron chi connectivity index (χ0n) is 33.6. The van der Waals surface area contributed by atoms with Crippen LogP contribution in [0.1, 0.15) is 80.0 Å². The molecule has 1 heterocycles. The van der Waals surface area contributed by atoms with Crippen LogP contribution in [0.15, 0.2) is 158 Å². The summed E-state index contributed by atoms with van der Waals surface area (Å²) in [4.78, 5) is 2.63. The third-order valence-corrected chi connectivity index (χ3v) is 16.9. The highest BCUT2D eigenvalue weighted by molar-refractivity contribution is 6.10. The van der Waals surface area contributed by atoms with E-state index in [4.69, 9.17) is 0 Å². The van der Waals surface area contributed by atoms with Crippen molar-refractivity contribution in [2.75, 3.05) is 4.90 Å². The standard InChI is InChI=1S/C57H48N2/c1-2-12-40(13-3-1)59-54-19-9-6-16-48(54)49-33-41(24-27-55(49)59)58(42-22-25-46-44-14-4-7-17-50(44)56(52(46)34-42)28-10-11-29-56)43-23-26-47-45-15-5-8-18-51(45)57(53(47)35-43)38-21-20-36-30-39(57)32-37(36)31-38/h1-9,12-19,22-27,33-39H,10-11,20-21,28-32H2. The summed E-state index contributed by atoms with van der Waals surface area (Å²) in [5.41, 5.74) is 19.8. The number of hydrogen-bond donors (Lipinski definition) is 0. The van der Waals surface area contributed by atoms with Crippen molar-refractivity contribution in [3.05, 3.63) is 180 Å². The van der Waals surface area contributed by atoms with Crippen LogP contribution in [0.2, 0.25) is 0 Å². The lowest BCUT2D eigenvalue weighted by Gasteiger charge is -2.49. The average Bonchev–Trinajstić information content (AvgIpc) is 4.09. The second kappa shape index (κ2) is 11.9. The number of aromatic nitrogens is 1. The molecular formula is C57H48N2. The molecule has 2 spiro atoms. The molecule has 0 saturated heterocycles. The second-order valence-electron chi connectivity index (χ2n) is 19.1. The van der Waals surface area contributed by atoms with Crippen LogP contribution in [0, 0.1) is 23.7 Å². The Balaban J connectivity index is 1.02. The van der Waals surface area contributed by atoms with Gasteiger partial charge in [0.2, 0.25) is 0 Å². The zero-order valence-corrected chi connectivity index (χ0v) is 33.6. The summed E-state index contributed by atoms with van der Waals surface area (Å²) in [5, 5.41) is 2.58. The minimum Gasteiger partial charge on any atom is -0.310 e. The largest absolute Gasteiger partial charge is 0.310 e. The minimum absolute atomic E-state index is 0.102. The van der Waals surface area contributed by atoms with Crippen LogP contribution >= 0.6 is 0 Å². The van der Waals surface area contributed by atoms with Crippen LogP contribution in [0.25, 0.3) is 49.7 Å². The molecule has 4 fully saturated rings. The van der Waals surface area contributed by atoms with Gasteiger partial charge in [-0.2, -0.15) is 0 Å². The average molecular weight is 761 g/mol. The van der Waals surface area contributed by atoms with E-state index in [0.717, 1.165) is 23.7 Å². The molecule has 5 unspecified atom stereocenters. The highest BCUT2D eigenvalue weighted by Gasteiger charge is 2.62. The van der Waals surface area contributed by atoms with E-state index in [9.17, 15) is 0 Å². The molecule has 2 nitrogen and oxygen atoms in total. The van der Waals surface area contributed by atoms with Crippen LogP contribution in [-0.2, 0) is 10.8 Å². The van der Waals surface area contributed by atoms with Gasteiger partial charge in [-0.1, -0.05) is 110 Å². The molecular weight excluding hydrogens is 713 g/mol. The lowest BCUT2D eigenvalue weighted by molar-refractivity contribution is 0.106. The third kappa shape index (κ3) is 4.22.